The molecule has 182 valence electrons. The molecule has 0 spiro atoms. The molecule has 4 aromatic rings. The number of carbonyl (C=O) groups is 1. The molecule has 7 heteroatoms. The lowest BCUT2D eigenvalue weighted by atomic mass is 9.95. The highest BCUT2D eigenvalue weighted by molar-refractivity contribution is 5.95. The first-order valence-electron chi connectivity index (χ1n) is 12.5. The maximum absolute atomic E-state index is 12.6. The van der Waals surface area contributed by atoms with E-state index >= 15 is 0 Å². The number of aromatic amines is 1. The number of aryl methyl sites for hydroxylation is 2. The minimum atomic E-state index is -0.200. The van der Waals surface area contributed by atoms with Gasteiger partial charge >= 0.3 is 0 Å². The van der Waals surface area contributed by atoms with Crippen LogP contribution in [0.15, 0.2) is 41.0 Å². The van der Waals surface area contributed by atoms with Crippen LogP contribution in [0.1, 0.15) is 66.5 Å². The Kier molecular flexibility index (Phi) is 6.43. The van der Waals surface area contributed by atoms with E-state index in [0.29, 0.717) is 30.1 Å². The van der Waals surface area contributed by atoms with Crippen LogP contribution < -0.4 is 10.6 Å². The first-order chi connectivity index (χ1) is 16.9. The molecule has 0 aliphatic carbocycles. The molecule has 0 saturated carbocycles. The number of oxazole rings is 1. The van der Waals surface area contributed by atoms with Gasteiger partial charge in [0.25, 0.3) is 5.91 Å². The number of amides is 1. The van der Waals surface area contributed by atoms with Crippen molar-refractivity contribution in [3.05, 3.63) is 59.2 Å². The molecule has 1 aliphatic heterocycles. The van der Waals surface area contributed by atoms with E-state index in [2.05, 4.69) is 63.7 Å². The van der Waals surface area contributed by atoms with Crippen molar-refractivity contribution in [2.75, 3.05) is 13.1 Å². The molecule has 1 aromatic carbocycles. The van der Waals surface area contributed by atoms with Gasteiger partial charge in [0.2, 0.25) is 5.89 Å². The van der Waals surface area contributed by atoms with Gasteiger partial charge in [-0.1, -0.05) is 13.8 Å². The van der Waals surface area contributed by atoms with E-state index in [9.17, 15) is 4.79 Å². The van der Waals surface area contributed by atoms with E-state index in [1.165, 1.54) is 24.7 Å². The van der Waals surface area contributed by atoms with Gasteiger partial charge < -0.3 is 20.0 Å². The minimum absolute atomic E-state index is 0.200. The Morgan fingerprint density at radius 3 is 2.66 bits per heavy atom. The summed E-state index contributed by atoms with van der Waals surface area (Å²) in [5, 5.41) is 7.54. The van der Waals surface area contributed by atoms with Crippen LogP contribution >= 0.6 is 0 Å². The summed E-state index contributed by atoms with van der Waals surface area (Å²) in [7, 11) is 0. The summed E-state index contributed by atoms with van der Waals surface area (Å²) in [5.41, 5.74) is 7.71. The summed E-state index contributed by atoms with van der Waals surface area (Å²) < 4.78 is 5.72. The van der Waals surface area contributed by atoms with Crippen LogP contribution in [0.3, 0.4) is 0 Å². The van der Waals surface area contributed by atoms with Gasteiger partial charge in [-0.3, -0.25) is 9.78 Å². The van der Waals surface area contributed by atoms with Crippen LogP contribution in [0.25, 0.3) is 33.6 Å². The second-order valence-electron chi connectivity index (χ2n) is 9.84. The lowest BCUT2D eigenvalue weighted by Crippen LogP contribution is -2.30. The van der Waals surface area contributed by atoms with Gasteiger partial charge in [-0.2, -0.15) is 0 Å². The number of rotatable bonds is 7. The van der Waals surface area contributed by atoms with Crippen LogP contribution in [0.4, 0.5) is 0 Å². The quantitative estimate of drug-likeness (QED) is 0.331. The van der Waals surface area contributed by atoms with Gasteiger partial charge in [0.05, 0.1) is 5.69 Å². The normalized spacial score (nSPS) is 15.9. The molecule has 5 rings (SSSR count). The van der Waals surface area contributed by atoms with Crippen molar-refractivity contribution >= 4 is 16.8 Å². The molecule has 1 unspecified atom stereocenters. The standard InChI is InChI=1S/C28H33N5O2/c1-16(2)25-22-14-19(7-8-23(22)32-26(25)20-12-17(3)31-18(4)13-20)28-33-24(15-35-28)27(34)30-11-9-21-6-5-10-29-21/h7-8,12-16,21,29,32H,5-6,9-11H2,1-4H3,(H,30,34). The summed E-state index contributed by atoms with van der Waals surface area (Å²) in [4.78, 5) is 25.2. The zero-order chi connectivity index (χ0) is 24.5. The van der Waals surface area contributed by atoms with Gasteiger partial charge in [0, 0.05) is 46.0 Å². The molecule has 1 saturated heterocycles. The molecular formula is C28H33N5O2. The predicted octanol–water partition coefficient (Wildman–Crippen LogP) is 5.50. The Morgan fingerprint density at radius 2 is 1.94 bits per heavy atom. The molecule has 35 heavy (non-hydrogen) atoms. The average Bonchev–Trinajstić information content (AvgIpc) is 3.57. The topological polar surface area (TPSA) is 95.8 Å². The Hall–Kier alpha value is -3.45. The molecule has 3 aromatic heterocycles. The molecule has 1 fully saturated rings. The van der Waals surface area contributed by atoms with E-state index in [-0.39, 0.29) is 5.91 Å². The highest BCUT2D eigenvalue weighted by Gasteiger charge is 2.20. The summed E-state index contributed by atoms with van der Waals surface area (Å²) in [6.07, 6.45) is 4.75. The summed E-state index contributed by atoms with van der Waals surface area (Å²) in [5.74, 6) is 0.555. The smallest absolute Gasteiger partial charge is 0.273 e. The third-order valence-electron chi connectivity index (χ3n) is 6.71. The van der Waals surface area contributed by atoms with Gasteiger partial charge in [0.15, 0.2) is 5.69 Å². The van der Waals surface area contributed by atoms with Crippen molar-refractivity contribution in [2.45, 2.75) is 58.9 Å². The second kappa shape index (κ2) is 9.66. The lowest BCUT2D eigenvalue weighted by Gasteiger charge is -2.10. The molecule has 4 heterocycles. The number of fused-ring (bicyclic) bond motifs is 1. The molecule has 0 bridgehead atoms. The Morgan fingerprint density at radius 1 is 1.14 bits per heavy atom. The molecule has 0 radical (unpaired) electrons. The van der Waals surface area contributed by atoms with Crippen LogP contribution in [0, 0.1) is 13.8 Å². The fourth-order valence-corrected chi connectivity index (χ4v) is 5.12. The zero-order valence-corrected chi connectivity index (χ0v) is 20.9. The van der Waals surface area contributed by atoms with Crippen molar-refractivity contribution in [2.24, 2.45) is 0 Å². The maximum atomic E-state index is 12.6. The summed E-state index contributed by atoms with van der Waals surface area (Å²) in [6, 6.07) is 10.9. The predicted molar refractivity (Wildman–Crippen MR) is 139 cm³/mol. The average molecular weight is 472 g/mol. The Labute approximate surface area is 205 Å². The molecule has 3 N–H and O–H groups in total. The minimum Gasteiger partial charge on any atom is -0.444 e. The van der Waals surface area contributed by atoms with Gasteiger partial charge in [0.1, 0.15) is 6.26 Å². The SMILES string of the molecule is Cc1cc(-c2[nH]c3ccc(-c4nc(C(=O)NCCC5CCCN5)co4)cc3c2C(C)C)cc(C)n1. The van der Waals surface area contributed by atoms with Crippen molar-refractivity contribution in [3.8, 4) is 22.7 Å². The number of nitrogens with one attached hydrogen (secondary N) is 3. The maximum Gasteiger partial charge on any atom is 0.273 e. The molecule has 1 atom stereocenters. The summed E-state index contributed by atoms with van der Waals surface area (Å²) >= 11 is 0. The van der Waals surface area contributed by atoms with Gasteiger partial charge in [-0.25, -0.2) is 4.98 Å². The van der Waals surface area contributed by atoms with Crippen LogP contribution in [0.2, 0.25) is 0 Å². The van der Waals surface area contributed by atoms with Gasteiger partial charge in [-0.15, -0.1) is 0 Å². The fraction of sp³-hybridized carbons (Fsp3) is 0.393. The van der Waals surface area contributed by atoms with Crippen molar-refractivity contribution in [1.82, 2.24) is 25.6 Å². The third-order valence-corrected chi connectivity index (χ3v) is 6.71. The van der Waals surface area contributed by atoms with Gasteiger partial charge in [-0.05, 0) is 81.5 Å². The van der Waals surface area contributed by atoms with Crippen LogP contribution in [-0.4, -0.2) is 40.0 Å². The van der Waals surface area contributed by atoms with E-state index < -0.39 is 0 Å². The fourth-order valence-electron chi connectivity index (χ4n) is 5.12. The zero-order valence-electron chi connectivity index (χ0n) is 20.9. The molecule has 1 aliphatic rings. The number of nitrogens with zero attached hydrogens (tertiary/aromatic N) is 2. The number of carbonyl (C=O) groups excluding carboxylic acids is 1. The summed E-state index contributed by atoms with van der Waals surface area (Å²) in [6.45, 7) is 10.1. The number of hydrogen-bond acceptors (Lipinski definition) is 5. The first kappa shape index (κ1) is 23.3. The number of aromatic nitrogens is 3. The van der Waals surface area contributed by atoms with Crippen molar-refractivity contribution in [1.29, 1.82) is 0 Å². The molecule has 1 amide bonds. The Balaban J connectivity index is 1.41. The highest BCUT2D eigenvalue weighted by Crippen LogP contribution is 2.37. The van der Waals surface area contributed by atoms with E-state index in [4.69, 9.17) is 4.42 Å². The monoisotopic (exact) mass is 471 g/mol. The van der Waals surface area contributed by atoms with E-state index in [0.717, 1.165) is 52.1 Å². The van der Waals surface area contributed by atoms with Crippen LogP contribution in [-0.2, 0) is 0 Å². The first-order valence-corrected chi connectivity index (χ1v) is 12.5. The lowest BCUT2D eigenvalue weighted by molar-refractivity contribution is 0.0947. The Bertz CT molecular complexity index is 1340. The number of H-pyrrole nitrogens is 1. The largest absolute Gasteiger partial charge is 0.444 e. The van der Waals surface area contributed by atoms with Crippen molar-refractivity contribution in [3.63, 3.8) is 0 Å². The molecule has 7 nitrogen and oxygen atoms in total. The van der Waals surface area contributed by atoms with Crippen molar-refractivity contribution < 1.29 is 9.21 Å². The number of pyridine rings is 1. The van der Waals surface area contributed by atoms with E-state index in [1.54, 1.807) is 0 Å². The molecular weight excluding hydrogens is 438 g/mol. The number of benzene rings is 1. The second-order valence-corrected chi connectivity index (χ2v) is 9.84. The number of hydrogen-bond donors (Lipinski definition) is 3. The van der Waals surface area contributed by atoms with E-state index in [1.807, 2.05) is 19.9 Å². The highest BCUT2D eigenvalue weighted by atomic mass is 16.3. The third kappa shape index (κ3) is 4.86. The van der Waals surface area contributed by atoms with Crippen LogP contribution in [0.5, 0.6) is 0 Å².